The number of methoxy groups -OCH3 is 1. The molecule has 1 unspecified atom stereocenters. The third-order valence-corrected chi connectivity index (χ3v) is 3.67. The molecule has 0 saturated heterocycles. The van der Waals surface area contributed by atoms with Crippen LogP contribution in [0.1, 0.15) is 44.3 Å². The van der Waals surface area contributed by atoms with Crippen LogP contribution in [0.15, 0.2) is 22.7 Å². The van der Waals surface area contributed by atoms with E-state index in [1.54, 1.807) is 19.2 Å². The van der Waals surface area contributed by atoms with Crippen molar-refractivity contribution in [3.8, 4) is 5.75 Å². The summed E-state index contributed by atoms with van der Waals surface area (Å²) in [6.45, 7) is 2.49. The van der Waals surface area contributed by atoms with Crippen LogP contribution in [-0.4, -0.2) is 24.8 Å². The van der Waals surface area contributed by atoms with Gasteiger partial charge in [-0.25, -0.2) is 0 Å². The fourth-order valence-corrected chi connectivity index (χ4v) is 2.23. The van der Waals surface area contributed by atoms with Crippen LogP contribution in [0.2, 0.25) is 0 Å². The van der Waals surface area contributed by atoms with Crippen molar-refractivity contribution >= 4 is 21.9 Å². The predicted molar refractivity (Wildman–Crippen MR) is 80.8 cm³/mol. The molecule has 1 atom stereocenters. The summed E-state index contributed by atoms with van der Waals surface area (Å²) in [6.07, 6.45) is 1.67. The maximum absolute atomic E-state index is 11.5. The fourth-order valence-electron chi connectivity index (χ4n) is 1.72. The molecule has 0 aliphatic carbocycles. The fraction of sp³-hybridized carbons (Fsp3) is 0.533. The Labute approximate surface area is 128 Å². The van der Waals surface area contributed by atoms with Gasteiger partial charge in [-0.2, -0.15) is 0 Å². The molecule has 20 heavy (non-hydrogen) atoms. The van der Waals surface area contributed by atoms with E-state index in [9.17, 15) is 9.90 Å². The summed E-state index contributed by atoms with van der Waals surface area (Å²) >= 11 is 3.39. The molecule has 0 heterocycles. The van der Waals surface area contributed by atoms with Crippen molar-refractivity contribution in [2.24, 2.45) is 0 Å². The molecular formula is C15H21BrO4. The normalized spacial score (nSPS) is 12.0. The lowest BCUT2D eigenvalue weighted by Gasteiger charge is -2.14. The molecule has 1 N–H and O–H groups in total. The van der Waals surface area contributed by atoms with Crippen LogP contribution < -0.4 is 4.74 Å². The summed E-state index contributed by atoms with van der Waals surface area (Å²) in [7, 11) is 1.57. The van der Waals surface area contributed by atoms with Gasteiger partial charge in [0, 0.05) is 10.9 Å². The number of carbonyl (C=O) groups excluding carboxylic acids is 1. The number of carbonyl (C=O) groups is 1. The number of unbranched alkanes of at least 4 members (excludes halogenated alkanes) is 1. The van der Waals surface area contributed by atoms with Crippen molar-refractivity contribution in [3.63, 3.8) is 0 Å². The predicted octanol–water partition coefficient (Wildman–Crippen LogP) is 3.61. The average molecular weight is 345 g/mol. The largest absolute Gasteiger partial charge is 0.497 e. The Morgan fingerprint density at radius 1 is 1.45 bits per heavy atom. The van der Waals surface area contributed by atoms with E-state index < -0.39 is 6.10 Å². The number of ether oxygens (including phenoxy) is 2. The van der Waals surface area contributed by atoms with Crippen molar-refractivity contribution in [3.05, 3.63) is 28.2 Å². The van der Waals surface area contributed by atoms with Crippen molar-refractivity contribution in [2.75, 3.05) is 13.7 Å². The SMILES string of the molecule is CCCCOC(=O)CCC(O)c1cc(OC)ccc1Br. The van der Waals surface area contributed by atoms with Crippen molar-refractivity contribution in [2.45, 2.75) is 38.7 Å². The van der Waals surface area contributed by atoms with E-state index in [1.165, 1.54) is 0 Å². The summed E-state index contributed by atoms with van der Waals surface area (Å²) in [6, 6.07) is 5.38. The zero-order valence-electron chi connectivity index (χ0n) is 11.9. The lowest BCUT2D eigenvalue weighted by molar-refractivity contribution is -0.144. The first kappa shape index (κ1) is 17.0. The Bertz CT molecular complexity index is 434. The van der Waals surface area contributed by atoms with Crippen LogP contribution in [-0.2, 0) is 9.53 Å². The zero-order valence-corrected chi connectivity index (χ0v) is 13.5. The maximum Gasteiger partial charge on any atom is 0.305 e. The van der Waals surface area contributed by atoms with E-state index in [0.717, 1.165) is 17.3 Å². The van der Waals surface area contributed by atoms with Crippen molar-refractivity contribution in [1.29, 1.82) is 0 Å². The van der Waals surface area contributed by atoms with Crippen LogP contribution in [0.3, 0.4) is 0 Å². The topological polar surface area (TPSA) is 55.8 Å². The van der Waals surface area contributed by atoms with Crippen molar-refractivity contribution < 1.29 is 19.4 Å². The average Bonchev–Trinajstić information content (AvgIpc) is 2.45. The van der Waals surface area contributed by atoms with Crippen molar-refractivity contribution in [1.82, 2.24) is 0 Å². The van der Waals surface area contributed by atoms with Crippen LogP contribution in [0, 0.1) is 0 Å². The highest BCUT2D eigenvalue weighted by molar-refractivity contribution is 9.10. The van der Waals surface area contributed by atoms with E-state index in [4.69, 9.17) is 9.47 Å². The van der Waals surface area contributed by atoms with E-state index in [-0.39, 0.29) is 12.4 Å². The van der Waals surface area contributed by atoms with Gasteiger partial charge >= 0.3 is 5.97 Å². The Morgan fingerprint density at radius 2 is 2.20 bits per heavy atom. The maximum atomic E-state index is 11.5. The Morgan fingerprint density at radius 3 is 2.85 bits per heavy atom. The molecule has 0 amide bonds. The molecule has 1 rings (SSSR count). The van der Waals surface area contributed by atoms with Gasteiger partial charge in [0.05, 0.1) is 19.8 Å². The highest BCUT2D eigenvalue weighted by Gasteiger charge is 2.15. The second-order valence-corrected chi connectivity index (χ2v) is 5.37. The lowest BCUT2D eigenvalue weighted by atomic mass is 10.0. The quantitative estimate of drug-likeness (QED) is 0.578. The first-order valence-corrected chi connectivity index (χ1v) is 7.55. The van der Waals surface area contributed by atoms with E-state index in [2.05, 4.69) is 15.9 Å². The summed E-state index contributed by atoms with van der Waals surface area (Å²) in [5, 5.41) is 10.1. The van der Waals surface area contributed by atoms with Crippen LogP contribution >= 0.6 is 15.9 Å². The van der Waals surface area contributed by atoms with Gasteiger partial charge in [-0.3, -0.25) is 4.79 Å². The van der Waals surface area contributed by atoms with E-state index in [1.807, 2.05) is 13.0 Å². The van der Waals surface area contributed by atoms with Gasteiger partial charge < -0.3 is 14.6 Å². The number of hydrogen-bond donors (Lipinski definition) is 1. The van der Waals surface area contributed by atoms with E-state index in [0.29, 0.717) is 24.3 Å². The number of benzene rings is 1. The molecule has 1 aromatic rings. The molecule has 0 fully saturated rings. The van der Waals surface area contributed by atoms with Gasteiger partial charge in [0.25, 0.3) is 0 Å². The second kappa shape index (κ2) is 8.97. The summed E-state index contributed by atoms with van der Waals surface area (Å²) < 4.78 is 11.0. The minimum atomic E-state index is -0.724. The summed E-state index contributed by atoms with van der Waals surface area (Å²) in [5.41, 5.74) is 0.714. The Hall–Kier alpha value is -1.07. The molecule has 0 saturated carbocycles. The van der Waals surface area contributed by atoms with Gasteiger partial charge in [-0.1, -0.05) is 29.3 Å². The minimum Gasteiger partial charge on any atom is -0.497 e. The van der Waals surface area contributed by atoms with Crippen LogP contribution in [0.25, 0.3) is 0 Å². The molecule has 5 heteroatoms. The van der Waals surface area contributed by atoms with Gasteiger partial charge in [-0.15, -0.1) is 0 Å². The Kier molecular flexibility index (Phi) is 7.62. The van der Waals surface area contributed by atoms with Crippen LogP contribution in [0.5, 0.6) is 5.75 Å². The lowest BCUT2D eigenvalue weighted by Crippen LogP contribution is -2.08. The molecule has 0 aliphatic rings. The number of aliphatic hydroxyl groups is 1. The van der Waals surface area contributed by atoms with Crippen LogP contribution in [0.4, 0.5) is 0 Å². The molecular weight excluding hydrogens is 324 g/mol. The summed E-state index contributed by atoms with van der Waals surface area (Å²) in [4.78, 5) is 11.5. The Balaban J connectivity index is 2.50. The molecule has 0 bridgehead atoms. The first-order valence-electron chi connectivity index (χ1n) is 6.75. The highest BCUT2D eigenvalue weighted by atomic mass is 79.9. The smallest absolute Gasteiger partial charge is 0.305 e. The number of esters is 1. The molecule has 4 nitrogen and oxygen atoms in total. The molecule has 0 spiro atoms. The van der Waals surface area contributed by atoms with Gasteiger partial charge in [0.2, 0.25) is 0 Å². The number of halogens is 1. The molecule has 0 aromatic heterocycles. The molecule has 112 valence electrons. The molecule has 1 aromatic carbocycles. The molecule has 0 radical (unpaired) electrons. The standard InChI is InChI=1S/C15H21BrO4/c1-3-4-9-20-15(18)8-7-14(17)12-10-11(19-2)5-6-13(12)16/h5-6,10,14,17H,3-4,7-9H2,1-2H3. The third-order valence-electron chi connectivity index (χ3n) is 2.95. The number of aliphatic hydroxyl groups excluding tert-OH is 1. The summed E-state index contributed by atoms with van der Waals surface area (Å²) in [5.74, 6) is 0.407. The highest BCUT2D eigenvalue weighted by Crippen LogP contribution is 2.30. The van der Waals surface area contributed by atoms with Gasteiger partial charge in [0.1, 0.15) is 5.75 Å². The monoisotopic (exact) mass is 344 g/mol. The van der Waals surface area contributed by atoms with Gasteiger partial charge in [0.15, 0.2) is 0 Å². The zero-order chi connectivity index (χ0) is 15.0. The van der Waals surface area contributed by atoms with Gasteiger partial charge in [-0.05, 0) is 36.6 Å². The molecule has 0 aliphatic heterocycles. The first-order chi connectivity index (χ1) is 9.58. The van der Waals surface area contributed by atoms with E-state index >= 15 is 0 Å². The number of rotatable bonds is 8. The minimum absolute atomic E-state index is 0.203. The third kappa shape index (κ3) is 5.51. The number of hydrogen-bond acceptors (Lipinski definition) is 4. The second-order valence-electron chi connectivity index (χ2n) is 4.52.